The van der Waals surface area contributed by atoms with Crippen LogP contribution in [0, 0.1) is 6.92 Å². The average Bonchev–Trinajstić information content (AvgIpc) is 3.52. The van der Waals surface area contributed by atoms with Crippen LogP contribution in [0.3, 0.4) is 0 Å². The number of aromatic amines is 1. The molecule has 0 radical (unpaired) electrons. The zero-order valence-electron chi connectivity index (χ0n) is 17.8. The number of carbonyl (C=O) groups is 1. The van der Waals surface area contributed by atoms with E-state index in [4.69, 9.17) is 14.4 Å². The number of hydrogen-bond acceptors (Lipinski definition) is 7. The van der Waals surface area contributed by atoms with Crippen molar-refractivity contribution in [3.05, 3.63) is 59.7 Å². The number of halogens is 3. The van der Waals surface area contributed by atoms with Gasteiger partial charge in [0.25, 0.3) is 5.89 Å². The predicted molar refractivity (Wildman–Crippen MR) is 114 cm³/mol. The van der Waals surface area contributed by atoms with E-state index in [-0.39, 0.29) is 0 Å². The lowest BCUT2D eigenvalue weighted by molar-refractivity contribution is -0.192. The van der Waals surface area contributed by atoms with E-state index >= 15 is 0 Å². The Morgan fingerprint density at radius 1 is 1.18 bits per heavy atom. The summed E-state index contributed by atoms with van der Waals surface area (Å²) in [5.41, 5.74) is 7.33. The molecule has 34 heavy (non-hydrogen) atoms. The first kappa shape index (κ1) is 23.1. The summed E-state index contributed by atoms with van der Waals surface area (Å²) in [6.45, 7) is 3.77. The summed E-state index contributed by atoms with van der Waals surface area (Å²) >= 11 is 0. The molecule has 0 amide bonds. The predicted octanol–water partition coefficient (Wildman–Crippen LogP) is 3.78. The van der Waals surface area contributed by atoms with Crippen LogP contribution >= 0.6 is 0 Å². The number of benzene rings is 1. The van der Waals surface area contributed by atoms with E-state index in [2.05, 4.69) is 30.6 Å². The molecule has 0 aliphatic carbocycles. The summed E-state index contributed by atoms with van der Waals surface area (Å²) in [5.74, 6) is -1.66. The monoisotopic (exact) mass is 472 g/mol. The summed E-state index contributed by atoms with van der Waals surface area (Å²) in [6.07, 6.45) is 1.44. The molecule has 0 saturated heterocycles. The molecule has 1 aliphatic rings. The van der Waals surface area contributed by atoms with Gasteiger partial charge in [0.05, 0.1) is 6.20 Å². The maximum absolute atomic E-state index is 10.6. The van der Waals surface area contributed by atoms with Gasteiger partial charge >= 0.3 is 12.1 Å². The molecule has 3 N–H and O–H groups in total. The number of H-pyrrole nitrogens is 1. The first-order valence-corrected chi connectivity index (χ1v) is 10.2. The van der Waals surface area contributed by atoms with Gasteiger partial charge in [-0.15, -0.1) is 0 Å². The number of carboxylic acid groups (broad SMARTS) is 1. The van der Waals surface area contributed by atoms with Crippen LogP contribution in [0.1, 0.15) is 16.8 Å². The van der Waals surface area contributed by atoms with Gasteiger partial charge in [-0.3, -0.25) is 10.1 Å². The van der Waals surface area contributed by atoms with Gasteiger partial charge in [-0.25, -0.2) is 4.79 Å². The Morgan fingerprint density at radius 3 is 2.65 bits per heavy atom. The largest absolute Gasteiger partial charge is 0.490 e. The molecule has 3 aromatic heterocycles. The molecule has 1 aromatic carbocycles. The third-order valence-electron chi connectivity index (χ3n) is 5.17. The molecule has 4 aromatic rings. The molecule has 0 unspecified atom stereocenters. The van der Waals surface area contributed by atoms with E-state index in [1.807, 2.05) is 43.6 Å². The number of aromatic nitrogens is 5. The van der Waals surface area contributed by atoms with Crippen molar-refractivity contribution in [2.24, 2.45) is 0 Å². The second-order valence-corrected chi connectivity index (χ2v) is 7.44. The second kappa shape index (κ2) is 9.43. The zero-order chi connectivity index (χ0) is 24.3. The molecular formula is C22H19F3N6O3. The number of alkyl halides is 3. The number of rotatable bonds is 3. The van der Waals surface area contributed by atoms with E-state index in [1.54, 1.807) is 6.20 Å². The number of pyridine rings is 1. The van der Waals surface area contributed by atoms with Gasteiger partial charge in [-0.1, -0.05) is 17.3 Å². The van der Waals surface area contributed by atoms with Crippen LogP contribution in [0.5, 0.6) is 0 Å². The third kappa shape index (κ3) is 4.96. The van der Waals surface area contributed by atoms with Crippen molar-refractivity contribution in [1.29, 1.82) is 0 Å². The van der Waals surface area contributed by atoms with Crippen molar-refractivity contribution < 1.29 is 27.6 Å². The number of nitrogens with one attached hydrogen (secondary N) is 2. The van der Waals surface area contributed by atoms with Gasteiger partial charge in [-0.2, -0.15) is 23.3 Å². The molecule has 5 rings (SSSR count). The normalized spacial score (nSPS) is 13.1. The van der Waals surface area contributed by atoms with Crippen molar-refractivity contribution in [3.8, 4) is 34.0 Å². The Morgan fingerprint density at radius 2 is 1.94 bits per heavy atom. The molecule has 9 nitrogen and oxygen atoms in total. The Hall–Kier alpha value is -4.06. The molecule has 0 saturated carbocycles. The van der Waals surface area contributed by atoms with Gasteiger partial charge < -0.3 is 14.9 Å². The van der Waals surface area contributed by atoms with Gasteiger partial charge in [0.2, 0.25) is 5.82 Å². The highest BCUT2D eigenvalue weighted by Crippen LogP contribution is 2.31. The van der Waals surface area contributed by atoms with Crippen molar-refractivity contribution in [3.63, 3.8) is 0 Å². The molecule has 0 atom stereocenters. The highest BCUT2D eigenvalue weighted by molar-refractivity contribution is 5.73. The molecule has 0 bridgehead atoms. The second-order valence-electron chi connectivity index (χ2n) is 7.44. The van der Waals surface area contributed by atoms with E-state index < -0.39 is 12.1 Å². The van der Waals surface area contributed by atoms with Crippen molar-refractivity contribution in [2.45, 2.75) is 26.1 Å². The van der Waals surface area contributed by atoms with Crippen LogP contribution in [-0.4, -0.2) is 49.1 Å². The molecule has 12 heteroatoms. The zero-order valence-corrected chi connectivity index (χ0v) is 17.8. The van der Waals surface area contributed by atoms with E-state index in [0.29, 0.717) is 11.7 Å². The summed E-state index contributed by atoms with van der Waals surface area (Å²) in [4.78, 5) is 18.1. The maximum Gasteiger partial charge on any atom is 0.490 e. The molecule has 0 fully saturated rings. The molecule has 0 spiro atoms. The van der Waals surface area contributed by atoms with Gasteiger partial charge in [0, 0.05) is 41.3 Å². The SMILES string of the molecule is Cc1ncc2c(c1-c1noc(-c3cccc(-c4cn[nH]c4)c3)n1)CCNC2.O=C(O)C(F)(F)F. The number of nitrogens with zero attached hydrogens (tertiary/aromatic N) is 4. The third-order valence-corrected chi connectivity index (χ3v) is 5.17. The summed E-state index contributed by atoms with van der Waals surface area (Å²) in [6, 6.07) is 8.00. The van der Waals surface area contributed by atoms with Crippen LogP contribution < -0.4 is 5.32 Å². The van der Waals surface area contributed by atoms with E-state index in [1.165, 1.54) is 11.1 Å². The smallest absolute Gasteiger partial charge is 0.475 e. The van der Waals surface area contributed by atoms with Crippen LogP contribution in [0.15, 0.2) is 47.4 Å². The number of carboxylic acids is 1. The fourth-order valence-corrected chi connectivity index (χ4v) is 3.55. The van der Waals surface area contributed by atoms with Gasteiger partial charge in [0.1, 0.15) is 0 Å². The van der Waals surface area contributed by atoms with Crippen molar-refractivity contribution in [2.75, 3.05) is 6.54 Å². The van der Waals surface area contributed by atoms with Gasteiger partial charge in [-0.05, 0) is 48.7 Å². The molecular weight excluding hydrogens is 453 g/mol. The Labute approximate surface area is 191 Å². The summed E-state index contributed by atoms with van der Waals surface area (Å²) in [5, 5.41) is 21.6. The van der Waals surface area contributed by atoms with Crippen LogP contribution in [0.2, 0.25) is 0 Å². The summed E-state index contributed by atoms with van der Waals surface area (Å²) < 4.78 is 37.3. The lowest BCUT2D eigenvalue weighted by Crippen LogP contribution is -2.24. The lowest BCUT2D eigenvalue weighted by atomic mass is 9.95. The van der Waals surface area contributed by atoms with Crippen LogP contribution in [0.25, 0.3) is 34.0 Å². The molecule has 176 valence electrons. The van der Waals surface area contributed by atoms with Crippen LogP contribution in [-0.2, 0) is 17.8 Å². The molecule has 4 heterocycles. The minimum absolute atomic E-state index is 0.501. The minimum Gasteiger partial charge on any atom is -0.475 e. The number of aryl methyl sites for hydroxylation is 1. The first-order chi connectivity index (χ1) is 16.2. The number of fused-ring (bicyclic) bond motifs is 1. The lowest BCUT2D eigenvalue weighted by Gasteiger charge is -2.19. The fraction of sp³-hybridized carbons (Fsp3) is 0.227. The Bertz CT molecular complexity index is 1300. The average molecular weight is 472 g/mol. The summed E-state index contributed by atoms with van der Waals surface area (Å²) in [7, 11) is 0. The van der Waals surface area contributed by atoms with E-state index in [0.717, 1.165) is 47.5 Å². The van der Waals surface area contributed by atoms with Crippen molar-refractivity contribution in [1.82, 2.24) is 30.6 Å². The standard InChI is InChI=1S/C20H18N6O.C2HF3O2/c1-12-18(17-5-6-21-8-16(17)9-22-12)19-25-20(27-26-19)14-4-2-3-13(7-14)15-10-23-24-11-15;3-2(4,5)1(6)7/h2-4,7,9-11,21H,5-6,8H2,1H3,(H,23,24);(H,6,7). The van der Waals surface area contributed by atoms with Crippen molar-refractivity contribution >= 4 is 5.97 Å². The van der Waals surface area contributed by atoms with E-state index in [9.17, 15) is 13.2 Å². The van der Waals surface area contributed by atoms with Crippen LogP contribution in [0.4, 0.5) is 13.2 Å². The highest BCUT2D eigenvalue weighted by atomic mass is 19.4. The fourth-order valence-electron chi connectivity index (χ4n) is 3.55. The maximum atomic E-state index is 10.6. The number of aliphatic carboxylic acids is 1. The Balaban J connectivity index is 0.000000344. The topological polar surface area (TPSA) is 130 Å². The molecule has 1 aliphatic heterocycles. The Kier molecular flexibility index (Phi) is 6.41. The minimum atomic E-state index is -5.08. The number of hydrogen-bond donors (Lipinski definition) is 3. The first-order valence-electron chi connectivity index (χ1n) is 10.2. The quantitative estimate of drug-likeness (QED) is 0.411. The van der Waals surface area contributed by atoms with Gasteiger partial charge in [0.15, 0.2) is 0 Å². The highest BCUT2D eigenvalue weighted by Gasteiger charge is 2.38.